The molecular formula is C15H17F3N2O2. The minimum absolute atomic E-state index is 0.0437. The van der Waals surface area contributed by atoms with Gasteiger partial charge in [0.1, 0.15) is 6.10 Å². The Balaban J connectivity index is 1.59. The van der Waals surface area contributed by atoms with E-state index in [1.165, 1.54) is 0 Å². The van der Waals surface area contributed by atoms with Crippen LogP contribution in [0, 0.1) is 5.92 Å². The molecular weight excluding hydrogens is 297 g/mol. The Morgan fingerprint density at radius 3 is 2.73 bits per heavy atom. The third kappa shape index (κ3) is 3.18. The number of carbonyl (C=O) groups excluding carboxylic acids is 1. The summed E-state index contributed by atoms with van der Waals surface area (Å²) in [5, 5.41) is 0. The zero-order chi connectivity index (χ0) is 15.7. The molecule has 1 aromatic rings. The van der Waals surface area contributed by atoms with E-state index in [4.69, 9.17) is 4.74 Å². The second-order valence-corrected chi connectivity index (χ2v) is 5.82. The van der Waals surface area contributed by atoms with Crippen LogP contribution in [0.2, 0.25) is 0 Å². The van der Waals surface area contributed by atoms with Crippen LogP contribution >= 0.6 is 0 Å². The summed E-state index contributed by atoms with van der Waals surface area (Å²) in [5.74, 6) is 0.234. The van der Waals surface area contributed by atoms with E-state index < -0.39 is 11.7 Å². The van der Waals surface area contributed by atoms with E-state index in [-0.39, 0.29) is 23.8 Å². The smallest absolute Gasteiger partial charge is 0.416 e. The molecule has 120 valence electrons. The van der Waals surface area contributed by atoms with E-state index in [0.29, 0.717) is 19.5 Å². The number of alkyl halides is 3. The van der Waals surface area contributed by atoms with Crippen molar-refractivity contribution in [3.63, 3.8) is 0 Å². The molecule has 1 aliphatic carbocycles. The Kier molecular flexibility index (Phi) is 3.97. The van der Waals surface area contributed by atoms with Crippen LogP contribution in [0.1, 0.15) is 31.2 Å². The number of likely N-dealkylation sites (tertiary alicyclic amines) is 1. The molecule has 22 heavy (non-hydrogen) atoms. The van der Waals surface area contributed by atoms with Gasteiger partial charge in [0.2, 0.25) is 11.8 Å². The Hall–Kier alpha value is -1.79. The predicted octanol–water partition coefficient (Wildman–Crippen LogP) is 2.88. The van der Waals surface area contributed by atoms with Crippen LogP contribution in [-0.2, 0) is 11.0 Å². The number of nitrogens with zero attached hydrogens (tertiary/aromatic N) is 2. The summed E-state index contributed by atoms with van der Waals surface area (Å²) >= 11 is 0. The molecule has 3 rings (SSSR count). The standard InChI is InChI=1S/C15H17F3N2O2/c16-15(17,18)11-4-6-19-13(8-11)22-12-5-7-20(9-12)14(21)10-2-1-3-10/h4,6,8,10,12H,1-3,5,7,9H2/t12-/m1/s1. The first kappa shape index (κ1) is 15.1. The van der Waals surface area contributed by atoms with Gasteiger partial charge in [-0.05, 0) is 18.9 Å². The number of aromatic nitrogens is 1. The van der Waals surface area contributed by atoms with Gasteiger partial charge in [-0.2, -0.15) is 13.2 Å². The maximum atomic E-state index is 12.6. The van der Waals surface area contributed by atoms with Crippen LogP contribution in [0.3, 0.4) is 0 Å². The molecule has 1 aliphatic heterocycles. The Morgan fingerprint density at radius 1 is 1.32 bits per heavy atom. The first-order valence-electron chi connectivity index (χ1n) is 7.42. The van der Waals surface area contributed by atoms with Crippen LogP contribution in [0.25, 0.3) is 0 Å². The normalized spacial score (nSPS) is 22.5. The van der Waals surface area contributed by atoms with Gasteiger partial charge in [-0.1, -0.05) is 6.42 Å². The lowest BCUT2D eigenvalue weighted by molar-refractivity contribution is -0.138. The van der Waals surface area contributed by atoms with Gasteiger partial charge in [-0.25, -0.2) is 4.98 Å². The van der Waals surface area contributed by atoms with Crippen LogP contribution in [0.5, 0.6) is 5.88 Å². The van der Waals surface area contributed by atoms with Gasteiger partial charge in [-0.3, -0.25) is 4.79 Å². The first-order chi connectivity index (χ1) is 10.4. The molecule has 0 bridgehead atoms. The molecule has 4 nitrogen and oxygen atoms in total. The molecule has 1 aromatic heterocycles. The predicted molar refractivity (Wildman–Crippen MR) is 72.2 cm³/mol. The number of rotatable bonds is 3. The van der Waals surface area contributed by atoms with Crippen LogP contribution in [0.4, 0.5) is 13.2 Å². The van der Waals surface area contributed by atoms with Crippen LogP contribution in [0.15, 0.2) is 18.3 Å². The molecule has 2 aliphatic rings. The molecule has 1 saturated heterocycles. The molecule has 2 heterocycles. The summed E-state index contributed by atoms with van der Waals surface area (Å²) in [7, 11) is 0. The summed E-state index contributed by atoms with van der Waals surface area (Å²) in [6.07, 6.45) is -0.0197. The van der Waals surface area contributed by atoms with E-state index in [1.54, 1.807) is 4.90 Å². The number of pyridine rings is 1. The molecule has 0 N–H and O–H groups in total. The van der Waals surface area contributed by atoms with E-state index >= 15 is 0 Å². The lowest BCUT2D eigenvalue weighted by atomic mass is 9.84. The zero-order valence-electron chi connectivity index (χ0n) is 12.0. The number of hydrogen-bond donors (Lipinski definition) is 0. The highest BCUT2D eigenvalue weighted by Crippen LogP contribution is 2.32. The van der Waals surface area contributed by atoms with Crippen molar-refractivity contribution < 1.29 is 22.7 Å². The van der Waals surface area contributed by atoms with Crippen molar-refractivity contribution in [2.45, 2.75) is 38.0 Å². The summed E-state index contributed by atoms with van der Waals surface area (Å²) in [6.45, 7) is 1.02. The van der Waals surface area contributed by atoms with E-state index in [2.05, 4.69) is 4.98 Å². The Labute approximate surface area is 126 Å². The maximum absolute atomic E-state index is 12.6. The highest BCUT2D eigenvalue weighted by atomic mass is 19.4. The minimum atomic E-state index is -4.41. The van der Waals surface area contributed by atoms with Gasteiger partial charge in [0.05, 0.1) is 12.1 Å². The molecule has 1 saturated carbocycles. The summed E-state index contributed by atoms with van der Waals surface area (Å²) < 4.78 is 43.5. The van der Waals surface area contributed by atoms with Gasteiger partial charge in [-0.15, -0.1) is 0 Å². The largest absolute Gasteiger partial charge is 0.472 e. The molecule has 0 radical (unpaired) electrons. The molecule has 1 atom stereocenters. The molecule has 2 fully saturated rings. The van der Waals surface area contributed by atoms with Crippen molar-refractivity contribution >= 4 is 5.91 Å². The summed E-state index contributed by atoms with van der Waals surface area (Å²) in [6, 6.07) is 1.81. The SMILES string of the molecule is O=C(C1CCC1)N1CC[C@@H](Oc2cc(C(F)(F)F)ccn2)C1. The van der Waals surface area contributed by atoms with Crippen LogP contribution < -0.4 is 4.74 Å². The Bertz CT molecular complexity index is 558. The lowest BCUT2D eigenvalue weighted by Gasteiger charge is -2.29. The lowest BCUT2D eigenvalue weighted by Crippen LogP contribution is -2.38. The number of carbonyl (C=O) groups is 1. The van der Waals surface area contributed by atoms with Gasteiger partial charge in [0, 0.05) is 31.1 Å². The second kappa shape index (κ2) is 5.78. The van der Waals surface area contributed by atoms with E-state index in [0.717, 1.165) is 37.6 Å². The molecule has 0 aromatic carbocycles. The van der Waals surface area contributed by atoms with Gasteiger partial charge in [0.25, 0.3) is 0 Å². The molecule has 0 unspecified atom stereocenters. The summed E-state index contributed by atoms with van der Waals surface area (Å²) in [5.41, 5.74) is -0.780. The fourth-order valence-electron chi connectivity index (χ4n) is 2.76. The average Bonchev–Trinajstić information content (AvgIpc) is 2.84. The molecule has 0 spiro atoms. The molecule has 7 heteroatoms. The first-order valence-corrected chi connectivity index (χ1v) is 7.42. The zero-order valence-corrected chi connectivity index (χ0v) is 12.0. The summed E-state index contributed by atoms with van der Waals surface area (Å²) in [4.78, 5) is 17.7. The van der Waals surface area contributed by atoms with Gasteiger partial charge >= 0.3 is 6.18 Å². The third-order valence-corrected chi connectivity index (χ3v) is 4.26. The van der Waals surface area contributed by atoms with Crippen molar-refractivity contribution in [2.24, 2.45) is 5.92 Å². The Morgan fingerprint density at radius 2 is 2.09 bits per heavy atom. The number of amides is 1. The fourth-order valence-corrected chi connectivity index (χ4v) is 2.76. The van der Waals surface area contributed by atoms with Crippen molar-refractivity contribution in [1.82, 2.24) is 9.88 Å². The van der Waals surface area contributed by atoms with Crippen molar-refractivity contribution in [1.29, 1.82) is 0 Å². The van der Waals surface area contributed by atoms with Crippen molar-refractivity contribution in [3.8, 4) is 5.88 Å². The monoisotopic (exact) mass is 314 g/mol. The van der Waals surface area contributed by atoms with E-state index in [1.807, 2.05) is 0 Å². The van der Waals surface area contributed by atoms with Crippen LogP contribution in [-0.4, -0.2) is 35.0 Å². The fraction of sp³-hybridized carbons (Fsp3) is 0.600. The highest BCUT2D eigenvalue weighted by Gasteiger charge is 2.35. The third-order valence-electron chi connectivity index (χ3n) is 4.26. The number of ether oxygens (including phenoxy) is 1. The van der Waals surface area contributed by atoms with Gasteiger partial charge < -0.3 is 9.64 Å². The minimum Gasteiger partial charge on any atom is -0.472 e. The average molecular weight is 314 g/mol. The topological polar surface area (TPSA) is 42.4 Å². The van der Waals surface area contributed by atoms with Crippen molar-refractivity contribution in [3.05, 3.63) is 23.9 Å². The quantitative estimate of drug-likeness (QED) is 0.861. The number of halogens is 3. The van der Waals surface area contributed by atoms with Gasteiger partial charge in [0.15, 0.2) is 0 Å². The number of hydrogen-bond acceptors (Lipinski definition) is 3. The highest BCUT2D eigenvalue weighted by molar-refractivity contribution is 5.79. The molecule has 1 amide bonds. The second-order valence-electron chi connectivity index (χ2n) is 5.82. The maximum Gasteiger partial charge on any atom is 0.416 e. The van der Waals surface area contributed by atoms with Crippen molar-refractivity contribution in [2.75, 3.05) is 13.1 Å². The van der Waals surface area contributed by atoms with E-state index in [9.17, 15) is 18.0 Å².